The lowest BCUT2D eigenvalue weighted by Crippen LogP contribution is -2.15. The number of sulfonamides is 1. The molecule has 2 aromatic heterocycles. The second kappa shape index (κ2) is 8.55. The van der Waals surface area contributed by atoms with E-state index >= 15 is 0 Å². The van der Waals surface area contributed by atoms with Crippen LogP contribution in [-0.2, 0) is 17.1 Å². The molecule has 0 radical (unpaired) electrons. The number of hydrogen-bond donors (Lipinski definition) is 2. The molecule has 0 saturated heterocycles. The van der Waals surface area contributed by atoms with Crippen molar-refractivity contribution in [2.45, 2.75) is 18.7 Å². The van der Waals surface area contributed by atoms with Crippen LogP contribution in [0.25, 0.3) is 10.9 Å². The number of fused-ring (bicyclic) bond motifs is 1. The molecule has 2 aromatic carbocycles. The van der Waals surface area contributed by atoms with Crippen molar-refractivity contribution in [2.24, 2.45) is 7.05 Å². The number of aromatic nitrogens is 3. The average molecular weight is 466 g/mol. The Labute approximate surface area is 191 Å². The number of amides is 1. The average Bonchev–Trinajstić information content (AvgIpc) is 3.02. The highest BCUT2D eigenvalue weighted by molar-refractivity contribution is 7.92. The van der Waals surface area contributed by atoms with Crippen LogP contribution in [0.2, 0.25) is 0 Å². The van der Waals surface area contributed by atoms with Gasteiger partial charge < -0.3 is 14.6 Å². The van der Waals surface area contributed by atoms with Gasteiger partial charge in [0.05, 0.1) is 12.0 Å². The zero-order valence-electron chi connectivity index (χ0n) is 18.6. The molecule has 9 nitrogen and oxygen atoms in total. The highest BCUT2D eigenvalue weighted by Crippen LogP contribution is 2.26. The summed E-state index contributed by atoms with van der Waals surface area (Å²) in [6.45, 7) is 4.07. The molecule has 0 aliphatic rings. The van der Waals surface area contributed by atoms with E-state index < -0.39 is 10.0 Å². The molecule has 2 N–H and O–H groups in total. The van der Waals surface area contributed by atoms with E-state index in [-0.39, 0.29) is 22.5 Å². The number of aryl methyl sites for hydroxylation is 2. The lowest BCUT2D eigenvalue weighted by Gasteiger charge is -2.10. The minimum absolute atomic E-state index is 0.0230. The number of rotatable bonds is 6. The van der Waals surface area contributed by atoms with E-state index in [9.17, 15) is 13.2 Å². The molecule has 170 valence electrons. The first-order chi connectivity index (χ1) is 15.7. The first-order valence-corrected chi connectivity index (χ1v) is 11.5. The number of nitrogens with one attached hydrogen (secondary N) is 2. The molecular weight excluding hydrogens is 442 g/mol. The van der Waals surface area contributed by atoms with Crippen LogP contribution in [0.5, 0.6) is 5.88 Å². The quantitative estimate of drug-likeness (QED) is 0.449. The minimum Gasteiger partial charge on any atom is -0.481 e. The fourth-order valence-corrected chi connectivity index (χ4v) is 4.52. The molecule has 0 unspecified atom stereocenters. The number of carbonyl (C=O) groups is 1. The van der Waals surface area contributed by atoms with Crippen molar-refractivity contribution >= 4 is 38.3 Å². The number of anilines is 2. The van der Waals surface area contributed by atoms with Gasteiger partial charge in [-0.3, -0.25) is 9.52 Å². The second-order valence-electron chi connectivity index (χ2n) is 7.53. The maximum absolute atomic E-state index is 12.8. The molecule has 10 heteroatoms. The van der Waals surface area contributed by atoms with E-state index in [2.05, 4.69) is 24.6 Å². The van der Waals surface area contributed by atoms with Crippen LogP contribution in [-0.4, -0.2) is 36.0 Å². The normalized spacial score (nSPS) is 11.4. The van der Waals surface area contributed by atoms with Crippen molar-refractivity contribution in [3.63, 3.8) is 0 Å². The SMILES string of the molecule is COc1cc(NS(=O)(=O)c2ccc(NC(=O)c3ccc4c(c3)c(C)c(C)n4C)cc2)ncn1. The number of carbonyl (C=O) groups excluding carboxylic acids is 1. The van der Waals surface area contributed by atoms with Gasteiger partial charge >= 0.3 is 0 Å². The van der Waals surface area contributed by atoms with Gasteiger partial charge in [-0.2, -0.15) is 0 Å². The minimum atomic E-state index is -3.88. The summed E-state index contributed by atoms with van der Waals surface area (Å²) in [4.78, 5) is 20.5. The maximum atomic E-state index is 12.8. The maximum Gasteiger partial charge on any atom is 0.263 e. The smallest absolute Gasteiger partial charge is 0.263 e. The first-order valence-electron chi connectivity index (χ1n) is 10.1. The van der Waals surface area contributed by atoms with Gasteiger partial charge in [0.15, 0.2) is 0 Å². The number of nitrogens with zero attached hydrogens (tertiary/aromatic N) is 3. The lowest BCUT2D eigenvalue weighted by molar-refractivity contribution is 0.102. The summed E-state index contributed by atoms with van der Waals surface area (Å²) >= 11 is 0. The summed E-state index contributed by atoms with van der Waals surface area (Å²) in [5.41, 5.74) is 4.33. The summed E-state index contributed by atoms with van der Waals surface area (Å²) in [7, 11) is -0.457. The summed E-state index contributed by atoms with van der Waals surface area (Å²) in [5, 5.41) is 3.83. The van der Waals surface area contributed by atoms with Crippen LogP contribution in [0.1, 0.15) is 21.6 Å². The molecule has 4 rings (SSSR count). The number of hydrogen-bond acceptors (Lipinski definition) is 6. The molecule has 4 aromatic rings. The second-order valence-corrected chi connectivity index (χ2v) is 9.21. The molecule has 33 heavy (non-hydrogen) atoms. The van der Waals surface area contributed by atoms with Crippen molar-refractivity contribution in [1.82, 2.24) is 14.5 Å². The monoisotopic (exact) mass is 465 g/mol. The van der Waals surface area contributed by atoms with Crippen molar-refractivity contribution in [2.75, 3.05) is 17.1 Å². The third kappa shape index (κ3) is 4.37. The summed E-state index contributed by atoms with van der Waals surface area (Å²) < 4.78 is 34.7. The van der Waals surface area contributed by atoms with Crippen LogP contribution in [0.4, 0.5) is 11.5 Å². The molecule has 1 amide bonds. The highest BCUT2D eigenvalue weighted by atomic mass is 32.2. The van der Waals surface area contributed by atoms with Gasteiger partial charge in [0, 0.05) is 41.0 Å². The van der Waals surface area contributed by atoms with E-state index in [1.165, 1.54) is 43.8 Å². The van der Waals surface area contributed by atoms with Gasteiger partial charge in [-0.15, -0.1) is 0 Å². The Kier molecular flexibility index (Phi) is 5.77. The van der Waals surface area contributed by atoms with Crippen molar-refractivity contribution in [1.29, 1.82) is 0 Å². The first kappa shape index (κ1) is 22.3. The van der Waals surface area contributed by atoms with Crippen LogP contribution >= 0.6 is 0 Å². The van der Waals surface area contributed by atoms with Crippen LogP contribution in [0.3, 0.4) is 0 Å². The van der Waals surface area contributed by atoms with E-state index in [0.29, 0.717) is 11.3 Å². The van der Waals surface area contributed by atoms with Crippen molar-refractivity contribution < 1.29 is 17.9 Å². The summed E-state index contributed by atoms with van der Waals surface area (Å²) in [6, 6.07) is 12.8. The third-order valence-corrected chi connectivity index (χ3v) is 6.95. The number of ether oxygens (including phenoxy) is 1. The molecular formula is C23H23N5O4S. The van der Waals surface area contributed by atoms with Gasteiger partial charge in [-0.05, 0) is 61.9 Å². The fourth-order valence-electron chi connectivity index (χ4n) is 3.52. The fraction of sp³-hybridized carbons (Fsp3) is 0.174. The van der Waals surface area contributed by atoms with Crippen LogP contribution in [0.15, 0.2) is 59.8 Å². The van der Waals surface area contributed by atoms with Gasteiger partial charge in [0.25, 0.3) is 15.9 Å². The topological polar surface area (TPSA) is 115 Å². The highest BCUT2D eigenvalue weighted by Gasteiger charge is 2.16. The summed E-state index contributed by atoms with van der Waals surface area (Å²) in [6.07, 6.45) is 1.20. The largest absolute Gasteiger partial charge is 0.481 e. The Balaban J connectivity index is 1.50. The van der Waals surface area contributed by atoms with E-state index in [1.807, 2.05) is 33.0 Å². The molecule has 0 aliphatic carbocycles. The Bertz CT molecular complexity index is 1460. The lowest BCUT2D eigenvalue weighted by atomic mass is 10.1. The summed E-state index contributed by atoms with van der Waals surface area (Å²) in [5.74, 6) is 0.0421. The van der Waals surface area contributed by atoms with Gasteiger partial charge in [-0.1, -0.05) is 0 Å². The van der Waals surface area contributed by atoms with Crippen LogP contribution in [0, 0.1) is 13.8 Å². The predicted octanol–water partition coefficient (Wildman–Crippen LogP) is 3.65. The Morgan fingerprint density at radius 2 is 1.76 bits per heavy atom. The standard InChI is InChI=1S/C23H23N5O4S/c1-14-15(2)28(3)20-10-5-16(11-19(14)20)23(29)26-17-6-8-18(9-7-17)33(30,31)27-21-12-22(32-4)25-13-24-21/h5-13H,1-4H3,(H,26,29)(H,24,25,27). The van der Waals surface area contributed by atoms with Gasteiger partial charge in [0.2, 0.25) is 5.88 Å². The van der Waals surface area contributed by atoms with Gasteiger partial charge in [-0.25, -0.2) is 18.4 Å². The van der Waals surface area contributed by atoms with E-state index in [0.717, 1.165) is 22.2 Å². The third-order valence-electron chi connectivity index (χ3n) is 5.58. The molecule has 0 spiro atoms. The number of benzene rings is 2. The predicted molar refractivity (Wildman–Crippen MR) is 126 cm³/mol. The molecule has 0 fully saturated rings. The van der Waals surface area contributed by atoms with E-state index in [1.54, 1.807) is 6.07 Å². The molecule has 0 aliphatic heterocycles. The Hall–Kier alpha value is -3.92. The van der Waals surface area contributed by atoms with Crippen LogP contribution < -0.4 is 14.8 Å². The molecule has 0 saturated carbocycles. The molecule has 0 bridgehead atoms. The van der Waals surface area contributed by atoms with Gasteiger partial charge in [0.1, 0.15) is 12.1 Å². The Morgan fingerprint density at radius 1 is 1.03 bits per heavy atom. The zero-order valence-corrected chi connectivity index (χ0v) is 19.4. The Morgan fingerprint density at radius 3 is 2.45 bits per heavy atom. The van der Waals surface area contributed by atoms with Crippen molar-refractivity contribution in [3.05, 3.63) is 71.7 Å². The number of methoxy groups -OCH3 is 1. The van der Waals surface area contributed by atoms with Crippen molar-refractivity contribution in [3.8, 4) is 5.88 Å². The molecule has 0 atom stereocenters. The molecule has 2 heterocycles. The zero-order chi connectivity index (χ0) is 23.8. The van der Waals surface area contributed by atoms with E-state index in [4.69, 9.17) is 4.74 Å².